The number of aromatic nitrogens is 2. The van der Waals surface area contributed by atoms with Gasteiger partial charge >= 0.3 is 6.03 Å². The summed E-state index contributed by atoms with van der Waals surface area (Å²) in [7, 11) is 1.60. The lowest BCUT2D eigenvalue weighted by Crippen LogP contribution is -2.46. The van der Waals surface area contributed by atoms with E-state index in [1.807, 2.05) is 61.5 Å². The van der Waals surface area contributed by atoms with Gasteiger partial charge in [0, 0.05) is 17.8 Å². The van der Waals surface area contributed by atoms with Crippen LogP contribution in [0.4, 0.5) is 9.18 Å². The molecular weight excluding hydrogens is 459 g/mol. The molecule has 2 heterocycles. The van der Waals surface area contributed by atoms with Crippen molar-refractivity contribution in [2.45, 2.75) is 19.4 Å². The summed E-state index contributed by atoms with van der Waals surface area (Å²) >= 11 is 0. The summed E-state index contributed by atoms with van der Waals surface area (Å²) in [5.41, 5.74) is 3.76. The van der Waals surface area contributed by atoms with Gasteiger partial charge in [-0.15, -0.1) is 0 Å². The van der Waals surface area contributed by atoms with Crippen molar-refractivity contribution in [3.05, 3.63) is 107 Å². The number of benzene rings is 3. The fourth-order valence-electron chi connectivity index (χ4n) is 4.34. The Morgan fingerprint density at radius 3 is 2.56 bits per heavy atom. The normalized spacial score (nSPS) is 15.7. The largest absolute Gasteiger partial charge is 0.497 e. The minimum absolute atomic E-state index is 0.261. The van der Waals surface area contributed by atoms with Gasteiger partial charge in [-0.25, -0.2) is 9.18 Å². The fourth-order valence-corrected chi connectivity index (χ4v) is 4.34. The Morgan fingerprint density at radius 1 is 1.06 bits per heavy atom. The van der Waals surface area contributed by atoms with Gasteiger partial charge in [-0.05, 0) is 60.9 Å². The number of nitrogens with zero attached hydrogens (tertiary/aromatic N) is 3. The number of allylic oxidation sites excluding steroid dienone is 1. The Balaban J connectivity index is 1.53. The van der Waals surface area contributed by atoms with Crippen LogP contribution >= 0.6 is 0 Å². The number of halogens is 1. The minimum atomic E-state index is -0.648. The molecule has 0 radical (unpaired) electrons. The Hall–Kier alpha value is -4.46. The van der Waals surface area contributed by atoms with Gasteiger partial charge in [0.25, 0.3) is 5.89 Å². The number of ether oxygens (including phenoxy) is 1. The van der Waals surface area contributed by atoms with Crippen LogP contribution in [0.5, 0.6) is 5.75 Å². The van der Waals surface area contributed by atoms with Crippen LogP contribution in [-0.4, -0.2) is 34.7 Å². The van der Waals surface area contributed by atoms with Crippen molar-refractivity contribution in [2.75, 3.05) is 13.7 Å². The Bertz CT molecular complexity index is 1400. The first-order valence-electron chi connectivity index (χ1n) is 11.6. The molecule has 0 spiro atoms. The zero-order valence-corrected chi connectivity index (χ0v) is 19.9. The zero-order chi connectivity index (χ0) is 25.1. The van der Waals surface area contributed by atoms with E-state index in [1.54, 1.807) is 24.1 Å². The maximum Gasteiger partial charge on any atom is 0.322 e. The molecule has 1 N–H and O–H groups in total. The molecule has 0 saturated heterocycles. The summed E-state index contributed by atoms with van der Waals surface area (Å²) in [5.74, 6) is 0.988. The van der Waals surface area contributed by atoms with Crippen molar-refractivity contribution in [2.24, 2.45) is 0 Å². The topological polar surface area (TPSA) is 80.5 Å². The molecule has 8 heteroatoms. The van der Waals surface area contributed by atoms with Gasteiger partial charge in [-0.3, -0.25) is 4.90 Å². The number of carbonyl (C=O) groups is 1. The van der Waals surface area contributed by atoms with Crippen molar-refractivity contribution < 1.29 is 18.4 Å². The van der Waals surface area contributed by atoms with E-state index >= 15 is 0 Å². The third kappa shape index (κ3) is 4.70. The number of carbonyl (C=O) groups excluding carboxylic acids is 1. The van der Waals surface area contributed by atoms with Gasteiger partial charge in [0.2, 0.25) is 5.82 Å². The molecule has 5 rings (SSSR count). The second-order valence-corrected chi connectivity index (χ2v) is 8.48. The van der Waals surface area contributed by atoms with Crippen LogP contribution < -0.4 is 10.1 Å². The van der Waals surface area contributed by atoms with Gasteiger partial charge in [-0.2, -0.15) is 4.98 Å². The molecule has 36 heavy (non-hydrogen) atoms. The number of methoxy groups -OCH3 is 1. The molecule has 1 unspecified atom stereocenters. The lowest BCUT2D eigenvalue weighted by molar-refractivity contribution is 0.205. The quantitative estimate of drug-likeness (QED) is 0.368. The third-order valence-electron chi connectivity index (χ3n) is 6.25. The SMILES string of the molecule is COc1ccc(-c2noc(C3=C(C)N(CCc4ccccc4)C(=O)NC3c3cccc(F)c3)n2)cc1. The summed E-state index contributed by atoms with van der Waals surface area (Å²) < 4.78 is 25.0. The molecule has 182 valence electrons. The molecule has 7 nitrogen and oxygen atoms in total. The highest BCUT2D eigenvalue weighted by molar-refractivity contribution is 5.86. The van der Waals surface area contributed by atoms with Crippen LogP contribution in [0.15, 0.2) is 89.1 Å². The summed E-state index contributed by atoms with van der Waals surface area (Å²) in [5, 5.41) is 7.18. The standard InChI is InChI=1S/C28H25FN4O3/c1-18-24(27-31-26(32-36-27)20-11-13-23(35-2)14-12-20)25(21-9-6-10-22(29)17-21)30-28(34)33(18)16-15-19-7-4-3-5-8-19/h3-14,17,25H,15-16H2,1-2H3,(H,30,34). The molecule has 1 aliphatic rings. The monoisotopic (exact) mass is 484 g/mol. The molecule has 1 aliphatic heterocycles. The zero-order valence-electron chi connectivity index (χ0n) is 19.9. The van der Waals surface area contributed by atoms with Crippen molar-refractivity contribution in [3.8, 4) is 17.1 Å². The summed E-state index contributed by atoms with van der Waals surface area (Å²) in [4.78, 5) is 19.5. The van der Waals surface area contributed by atoms with Crippen LogP contribution in [0.3, 0.4) is 0 Å². The lowest BCUT2D eigenvalue weighted by atomic mass is 9.94. The van der Waals surface area contributed by atoms with E-state index in [4.69, 9.17) is 9.26 Å². The summed E-state index contributed by atoms with van der Waals surface area (Å²) in [6.45, 7) is 2.31. The Labute approximate surface area is 208 Å². The molecule has 1 aromatic heterocycles. The first-order chi connectivity index (χ1) is 17.5. The minimum Gasteiger partial charge on any atom is -0.497 e. The van der Waals surface area contributed by atoms with E-state index in [1.165, 1.54) is 12.1 Å². The third-order valence-corrected chi connectivity index (χ3v) is 6.25. The van der Waals surface area contributed by atoms with E-state index in [0.29, 0.717) is 35.6 Å². The summed E-state index contributed by atoms with van der Waals surface area (Å²) in [6, 6.07) is 22.5. The van der Waals surface area contributed by atoms with Crippen molar-refractivity contribution in [3.63, 3.8) is 0 Å². The average Bonchev–Trinajstić information content (AvgIpc) is 3.38. The predicted octanol–water partition coefficient (Wildman–Crippen LogP) is 5.62. The molecule has 4 aromatic rings. The van der Waals surface area contributed by atoms with Crippen LogP contribution in [0.2, 0.25) is 0 Å². The van der Waals surface area contributed by atoms with Crippen molar-refractivity contribution >= 4 is 11.6 Å². The molecular formula is C28H25FN4O3. The first-order valence-corrected chi connectivity index (χ1v) is 11.6. The summed E-state index contributed by atoms with van der Waals surface area (Å²) in [6.07, 6.45) is 0.671. The number of nitrogens with one attached hydrogen (secondary N) is 1. The molecule has 3 aromatic carbocycles. The van der Waals surface area contributed by atoms with Crippen molar-refractivity contribution in [1.29, 1.82) is 0 Å². The van der Waals surface area contributed by atoms with Gasteiger partial charge in [0.15, 0.2) is 0 Å². The molecule has 1 atom stereocenters. The lowest BCUT2D eigenvalue weighted by Gasteiger charge is -2.35. The van der Waals surface area contributed by atoms with Gasteiger partial charge in [0.05, 0.1) is 18.7 Å². The number of urea groups is 1. The van der Waals surface area contributed by atoms with E-state index < -0.39 is 11.9 Å². The van der Waals surface area contributed by atoms with E-state index in [9.17, 15) is 9.18 Å². The highest BCUT2D eigenvalue weighted by Gasteiger charge is 2.35. The average molecular weight is 485 g/mol. The van der Waals surface area contributed by atoms with Gasteiger partial charge in [0.1, 0.15) is 11.6 Å². The number of amides is 2. The number of rotatable bonds is 7. The predicted molar refractivity (Wildman–Crippen MR) is 133 cm³/mol. The van der Waals surface area contributed by atoms with Crippen LogP contribution in [0.25, 0.3) is 17.0 Å². The van der Waals surface area contributed by atoms with Crippen molar-refractivity contribution in [1.82, 2.24) is 20.4 Å². The van der Waals surface area contributed by atoms with Gasteiger partial charge < -0.3 is 14.6 Å². The highest BCUT2D eigenvalue weighted by Crippen LogP contribution is 2.37. The second kappa shape index (κ2) is 10.0. The van der Waals surface area contributed by atoms with Gasteiger partial charge in [-0.1, -0.05) is 47.6 Å². The van der Waals surface area contributed by atoms with Crippen LogP contribution in [-0.2, 0) is 6.42 Å². The smallest absolute Gasteiger partial charge is 0.322 e. The molecule has 0 aliphatic carbocycles. The number of hydrogen-bond acceptors (Lipinski definition) is 5. The number of hydrogen-bond donors (Lipinski definition) is 1. The van der Waals surface area contributed by atoms with E-state index in [0.717, 1.165) is 16.9 Å². The highest BCUT2D eigenvalue weighted by atomic mass is 19.1. The van der Waals surface area contributed by atoms with Crippen LogP contribution in [0, 0.1) is 5.82 Å². The maximum absolute atomic E-state index is 14.1. The molecule has 0 fully saturated rings. The molecule has 0 saturated carbocycles. The molecule has 0 bridgehead atoms. The van der Waals surface area contributed by atoms with E-state index in [2.05, 4.69) is 15.5 Å². The van der Waals surface area contributed by atoms with E-state index in [-0.39, 0.29) is 11.9 Å². The van der Waals surface area contributed by atoms with Crippen LogP contribution in [0.1, 0.15) is 30.0 Å². The maximum atomic E-state index is 14.1. The Morgan fingerprint density at radius 2 is 1.83 bits per heavy atom. The first kappa shape index (κ1) is 23.3. The Kier molecular flexibility index (Phi) is 6.49. The molecule has 2 amide bonds. The fraction of sp³-hybridized carbons (Fsp3) is 0.179. The second-order valence-electron chi connectivity index (χ2n) is 8.48.